The Balaban J connectivity index is 2.82. The van der Waals surface area contributed by atoms with Crippen LogP contribution in [-0.2, 0) is 6.61 Å². The van der Waals surface area contributed by atoms with Crippen molar-refractivity contribution in [2.24, 2.45) is 0 Å². The zero-order valence-electron chi connectivity index (χ0n) is 7.78. The molecule has 0 unspecified atom stereocenters. The Bertz CT molecular complexity index is 464. The van der Waals surface area contributed by atoms with Crippen molar-refractivity contribution in [1.29, 1.82) is 0 Å². The van der Waals surface area contributed by atoms with Gasteiger partial charge in [-0.2, -0.15) is 0 Å². The molecule has 14 heavy (non-hydrogen) atoms. The molecule has 0 amide bonds. The number of thiophene rings is 1. The molecule has 74 valence electrons. The van der Waals surface area contributed by atoms with Gasteiger partial charge in [0.15, 0.2) is 0 Å². The summed E-state index contributed by atoms with van der Waals surface area (Å²) < 4.78 is 1.08. The van der Waals surface area contributed by atoms with Gasteiger partial charge >= 0.3 is 0 Å². The number of fused-ring (bicyclic) bond motifs is 1. The Hall–Kier alpha value is -0.710. The Morgan fingerprint density at radius 2 is 2.29 bits per heavy atom. The summed E-state index contributed by atoms with van der Waals surface area (Å²) in [5.41, 5.74) is 7.64. The standard InChI is InChI=1S/C10H11NOS2/c1-13-8-3-2-7(11)10-9(8)6(4-12)5-14-10/h2-3,5,12H,4,11H2,1H3. The van der Waals surface area contributed by atoms with Crippen LogP contribution in [0.25, 0.3) is 10.1 Å². The lowest BCUT2D eigenvalue weighted by Crippen LogP contribution is -1.87. The minimum absolute atomic E-state index is 0.0804. The van der Waals surface area contributed by atoms with Gasteiger partial charge in [0.1, 0.15) is 0 Å². The zero-order chi connectivity index (χ0) is 10.1. The number of nitrogens with two attached hydrogens (primary N) is 1. The minimum Gasteiger partial charge on any atom is -0.398 e. The Kier molecular flexibility index (Phi) is 2.67. The number of benzene rings is 1. The van der Waals surface area contributed by atoms with Gasteiger partial charge in [-0.25, -0.2) is 0 Å². The van der Waals surface area contributed by atoms with Crippen molar-refractivity contribution in [3.05, 3.63) is 23.1 Å². The quantitative estimate of drug-likeness (QED) is 0.610. The van der Waals surface area contributed by atoms with E-state index in [1.165, 1.54) is 4.90 Å². The van der Waals surface area contributed by atoms with Gasteiger partial charge in [0.25, 0.3) is 0 Å². The maximum absolute atomic E-state index is 9.19. The third-order valence-electron chi connectivity index (χ3n) is 2.18. The molecule has 1 aromatic heterocycles. The van der Waals surface area contributed by atoms with Gasteiger partial charge in [-0.15, -0.1) is 23.1 Å². The number of thioether (sulfide) groups is 1. The van der Waals surface area contributed by atoms with Gasteiger partial charge in [-0.05, 0) is 29.3 Å². The highest BCUT2D eigenvalue weighted by Crippen LogP contribution is 2.37. The number of aliphatic hydroxyl groups excluding tert-OH is 1. The van der Waals surface area contributed by atoms with Crippen LogP contribution in [-0.4, -0.2) is 11.4 Å². The molecule has 0 aliphatic heterocycles. The second-order valence-electron chi connectivity index (χ2n) is 2.98. The van der Waals surface area contributed by atoms with Gasteiger partial charge in [0, 0.05) is 16.0 Å². The zero-order valence-corrected chi connectivity index (χ0v) is 9.41. The van der Waals surface area contributed by atoms with E-state index >= 15 is 0 Å². The van der Waals surface area contributed by atoms with Crippen LogP contribution in [0.2, 0.25) is 0 Å². The minimum atomic E-state index is 0.0804. The van der Waals surface area contributed by atoms with Gasteiger partial charge in [-0.1, -0.05) is 0 Å². The van der Waals surface area contributed by atoms with Crippen molar-refractivity contribution in [3.63, 3.8) is 0 Å². The summed E-state index contributed by atoms with van der Waals surface area (Å²) in [7, 11) is 0. The van der Waals surface area contributed by atoms with Gasteiger partial charge in [0.2, 0.25) is 0 Å². The first-order chi connectivity index (χ1) is 6.77. The first-order valence-corrected chi connectivity index (χ1v) is 6.31. The van der Waals surface area contributed by atoms with E-state index in [9.17, 15) is 5.11 Å². The summed E-state index contributed by atoms with van der Waals surface area (Å²) >= 11 is 3.28. The fourth-order valence-corrected chi connectivity index (χ4v) is 3.21. The van der Waals surface area contributed by atoms with E-state index in [0.29, 0.717) is 0 Å². The average molecular weight is 225 g/mol. The predicted octanol–water partition coefficient (Wildman–Crippen LogP) is 2.70. The molecule has 0 bridgehead atoms. The Labute approximate surface area is 90.7 Å². The smallest absolute Gasteiger partial charge is 0.0696 e. The molecule has 1 aromatic carbocycles. The lowest BCUT2D eigenvalue weighted by atomic mass is 10.1. The third kappa shape index (κ3) is 1.39. The van der Waals surface area contributed by atoms with Crippen LogP contribution in [0.5, 0.6) is 0 Å². The van der Waals surface area contributed by atoms with E-state index in [4.69, 9.17) is 5.73 Å². The number of hydrogen-bond acceptors (Lipinski definition) is 4. The van der Waals surface area contributed by atoms with Crippen LogP contribution in [0.3, 0.4) is 0 Å². The number of aliphatic hydroxyl groups is 1. The highest BCUT2D eigenvalue weighted by molar-refractivity contribution is 7.98. The summed E-state index contributed by atoms with van der Waals surface area (Å²) in [5.74, 6) is 0. The highest BCUT2D eigenvalue weighted by atomic mass is 32.2. The molecule has 0 atom stereocenters. The average Bonchev–Trinajstić information content (AvgIpc) is 2.63. The van der Waals surface area contributed by atoms with Crippen LogP contribution in [0.4, 0.5) is 5.69 Å². The number of rotatable bonds is 2. The molecule has 0 aliphatic carbocycles. The van der Waals surface area contributed by atoms with E-state index in [0.717, 1.165) is 21.3 Å². The first-order valence-electron chi connectivity index (χ1n) is 4.21. The van der Waals surface area contributed by atoms with Gasteiger partial charge in [0.05, 0.1) is 11.3 Å². The molecule has 4 heteroatoms. The fourth-order valence-electron chi connectivity index (χ4n) is 1.49. The van der Waals surface area contributed by atoms with Crippen molar-refractivity contribution >= 4 is 38.9 Å². The summed E-state index contributed by atoms with van der Waals surface area (Å²) in [4.78, 5) is 1.18. The number of nitrogen functional groups attached to an aromatic ring is 1. The van der Waals surface area contributed by atoms with Crippen LogP contribution in [0.15, 0.2) is 22.4 Å². The summed E-state index contributed by atoms with van der Waals surface area (Å²) in [6.07, 6.45) is 2.03. The van der Waals surface area contributed by atoms with Crippen molar-refractivity contribution in [2.75, 3.05) is 12.0 Å². The first kappa shape index (κ1) is 9.83. The lowest BCUT2D eigenvalue weighted by Gasteiger charge is -2.03. The lowest BCUT2D eigenvalue weighted by molar-refractivity contribution is 0.283. The van der Waals surface area contributed by atoms with E-state index in [1.54, 1.807) is 23.1 Å². The maximum Gasteiger partial charge on any atom is 0.0696 e. The predicted molar refractivity (Wildman–Crippen MR) is 63.9 cm³/mol. The molecule has 0 aliphatic rings. The summed E-state index contributed by atoms with van der Waals surface area (Å²) in [6, 6.07) is 3.93. The normalized spacial score (nSPS) is 11.0. The molecule has 3 N–H and O–H groups in total. The molecule has 1 heterocycles. The van der Waals surface area contributed by atoms with Crippen LogP contribution < -0.4 is 5.73 Å². The maximum atomic E-state index is 9.19. The molecule has 0 spiro atoms. The molecule has 0 radical (unpaired) electrons. The second-order valence-corrected chi connectivity index (χ2v) is 4.71. The van der Waals surface area contributed by atoms with Crippen molar-refractivity contribution in [2.45, 2.75) is 11.5 Å². The molecular formula is C10H11NOS2. The van der Waals surface area contributed by atoms with Crippen molar-refractivity contribution in [1.82, 2.24) is 0 Å². The van der Waals surface area contributed by atoms with Gasteiger partial charge < -0.3 is 10.8 Å². The van der Waals surface area contributed by atoms with E-state index in [-0.39, 0.29) is 6.61 Å². The fraction of sp³-hybridized carbons (Fsp3) is 0.200. The van der Waals surface area contributed by atoms with Crippen LogP contribution >= 0.6 is 23.1 Å². The second kappa shape index (κ2) is 3.81. The molecule has 0 saturated carbocycles. The molecule has 2 aromatic rings. The Morgan fingerprint density at radius 3 is 2.93 bits per heavy atom. The summed E-state index contributed by atoms with van der Waals surface area (Å²) in [6.45, 7) is 0.0804. The molecule has 0 fully saturated rings. The van der Waals surface area contributed by atoms with Gasteiger partial charge in [-0.3, -0.25) is 0 Å². The third-order valence-corrected chi connectivity index (χ3v) is 4.04. The topological polar surface area (TPSA) is 46.2 Å². The number of hydrogen-bond donors (Lipinski definition) is 2. The molecule has 2 nitrogen and oxygen atoms in total. The van der Waals surface area contributed by atoms with E-state index < -0.39 is 0 Å². The van der Waals surface area contributed by atoms with Crippen LogP contribution in [0.1, 0.15) is 5.56 Å². The number of anilines is 1. The van der Waals surface area contributed by atoms with E-state index in [1.807, 2.05) is 23.8 Å². The summed E-state index contributed by atoms with van der Waals surface area (Å²) in [5, 5.41) is 12.3. The largest absolute Gasteiger partial charge is 0.398 e. The van der Waals surface area contributed by atoms with Crippen molar-refractivity contribution < 1.29 is 5.11 Å². The molecule has 2 rings (SSSR count). The molecular weight excluding hydrogens is 214 g/mol. The Morgan fingerprint density at radius 1 is 1.50 bits per heavy atom. The monoisotopic (exact) mass is 225 g/mol. The molecule has 0 saturated heterocycles. The van der Waals surface area contributed by atoms with E-state index in [2.05, 4.69) is 0 Å². The van der Waals surface area contributed by atoms with Crippen molar-refractivity contribution in [3.8, 4) is 0 Å². The van der Waals surface area contributed by atoms with Crippen LogP contribution in [0, 0.1) is 0 Å². The SMILES string of the molecule is CSc1ccc(N)c2scc(CO)c12. The highest BCUT2D eigenvalue weighted by Gasteiger charge is 2.09.